The highest BCUT2D eigenvalue weighted by atomic mass is 127. The molecule has 0 bridgehead atoms. The van der Waals surface area contributed by atoms with E-state index in [0.717, 1.165) is 27.7 Å². The molecule has 1 unspecified atom stereocenters. The number of aryl methyl sites for hydroxylation is 2. The molecule has 6 nitrogen and oxygen atoms in total. The monoisotopic (exact) mass is 558 g/mol. The lowest BCUT2D eigenvalue weighted by Gasteiger charge is -2.16. The summed E-state index contributed by atoms with van der Waals surface area (Å²) in [5.74, 6) is 0.806. The molecular formula is C19H26F3IN4O2S. The highest BCUT2D eigenvalue weighted by molar-refractivity contribution is 14.0. The molecule has 2 rings (SSSR count). The van der Waals surface area contributed by atoms with E-state index in [2.05, 4.69) is 20.6 Å². The van der Waals surface area contributed by atoms with Crippen LogP contribution in [-0.2, 0) is 12.7 Å². The summed E-state index contributed by atoms with van der Waals surface area (Å²) in [6.07, 6.45) is -5.26. The molecule has 3 N–H and O–H groups in total. The summed E-state index contributed by atoms with van der Waals surface area (Å²) < 4.78 is 43.0. The van der Waals surface area contributed by atoms with Gasteiger partial charge in [0.1, 0.15) is 18.5 Å². The lowest BCUT2D eigenvalue weighted by molar-refractivity contribution is -0.137. The predicted octanol–water partition coefficient (Wildman–Crippen LogP) is 3.89. The normalized spacial score (nSPS) is 12.8. The molecule has 1 aromatic carbocycles. The molecule has 1 heterocycles. The molecule has 1 aromatic heterocycles. The maximum Gasteiger partial charge on any atom is 0.416 e. The number of thiazole rings is 1. The minimum atomic E-state index is -4.39. The van der Waals surface area contributed by atoms with Gasteiger partial charge in [-0.15, -0.1) is 35.3 Å². The number of alkyl halides is 3. The maximum absolute atomic E-state index is 12.6. The van der Waals surface area contributed by atoms with Crippen LogP contribution in [0.2, 0.25) is 0 Å². The Bertz CT molecular complexity index is 813. The van der Waals surface area contributed by atoms with Crippen LogP contribution in [0.1, 0.15) is 28.1 Å². The Kier molecular flexibility index (Phi) is 10.8. The third-order valence-electron chi connectivity index (χ3n) is 3.85. The third-order valence-corrected chi connectivity index (χ3v) is 4.91. The minimum absolute atomic E-state index is 0. The minimum Gasteiger partial charge on any atom is -0.491 e. The van der Waals surface area contributed by atoms with Gasteiger partial charge in [0.25, 0.3) is 0 Å². The average molecular weight is 558 g/mol. The fourth-order valence-electron chi connectivity index (χ4n) is 2.42. The number of aliphatic imine (C=N–C) groups is 1. The standard InChI is InChI=1S/C19H25F3N4O2S.HI/c1-4-23-18(25-10-17-12(2)26-13(3)29-17)24-9-15(27)11-28-16-7-5-14(6-8-16)19(20,21)22;/h5-8,15,27H,4,9-11H2,1-3H3,(H2,23,24,25);1H. The van der Waals surface area contributed by atoms with E-state index >= 15 is 0 Å². The maximum atomic E-state index is 12.6. The van der Waals surface area contributed by atoms with Crippen molar-refractivity contribution >= 4 is 41.3 Å². The first-order valence-corrected chi connectivity index (χ1v) is 9.94. The van der Waals surface area contributed by atoms with E-state index < -0.39 is 17.8 Å². The van der Waals surface area contributed by atoms with Gasteiger partial charge < -0.3 is 20.5 Å². The third kappa shape index (κ3) is 8.64. The average Bonchev–Trinajstić information content (AvgIpc) is 2.99. The Morgan fingerprint density at radius 2 is 1.90 bits per heavy atom. The first-order valence-electron chi connectivity index (χ1n) is 9.12. The summed E-state index contributed by atoms with van der Waals surface area (Å²) >= 11 is 1.59. The van der Waals surface area contributed by atoms with Gasteiger partial charge >= 0.3 is 6.18 Å². The molecule has 1 atom stereocenters. The Morgan fingerprint density at radius 3 is 2.43 bits per heavy atom. The molecule has 0 radical (unpaired) electrons. The second-order valence-electron chi connectivity index (χ2n) is 6.30. The van der Waals surface area contributed by atoms with Gasteiger partial charge in [0.15, 0.2) is 5.96 Å². The molecule has 30 heavy (non-hydrogen) atoms. The summed E-state index contributed by atoms with van der Waals surface area (Å²) in [7, 11) is 0. The van der Waals surface area contributed by atoms with Crippen molar-refractivity contribution in [2.45, 2.75) is 39.6 Å². The SMILES string of the molecule is CCNC(=NCc1sc(C)nc1C)NCC(O)COc1ccc(C(F)(F)F)cc1.I. The number of rotatable bonds is 8. The number of ether oxygens (including phenoxy) is 1. The summed E-state index contributed by atoms with van der Waals surface area (Å²) in [6, 6.07) is 4.35. The predicted molar refractivity (Wildman–Crippen MR) is 123 cm³/mol. The van der Waals surface area contributed by atoms with Crippen molar-refractivity contribution in [2.24, 2.45) is 4.99 Å². The molecule has 0 aliphatic rings. The number of hydrogen-bond donors (Lipinski definition) is 3. The van der Waals surface area contributed by atoms with E-state index in [4.69, 9.17) is 4.74 Å². The van der Waals surface area contributed by atoms with Crippen molar-refractivity contribution < 1.29 is 23.0 Å². The van der Waals surface area contributed by atoms with Crippen molar-refractivity contribution in [3.63, 3.8) is 0 Å². The van der Waals surface area contributed by atoms with Gasteiger partial charge in [-0.25, -0.2) is 9.98 Å². The smallest absolute Gasteiger partial charge is 0.416 e. The molecule has 0 saturated heterocycles. The molecule has 0 saturated carbocycles. The van der Waals surface area contributed by atoms with Crippen LogP contribution in [-0.4, -0.2) is 41.9 Å². The molecule has 11 heteroatoms. The quantitative estimate of drug-likeness (QED) is 0.261. The van der Waals surface area contributed by atoms with Crippen LogP contribution in [0.15, 0.2) is 29.3 Å². The zero-order valence-corrected chi connectivity index (χ0v) is 20.1. The molecule has 2 aromatic rings. The molecule has 0 aliphatic heterocycles. The summed E-state index contributed by atoms with van der Waals surface area (Å²) in [5.41, 5.74) is 0.210. The Balaban J connectivity index is 0.00000450. The van der Waals surface area contributed by atoms with Crippen LogP contribution in [0.25, 0.3) is 0 Å². The number of hydrogen-bond acceptors (Lipinski definition) is 5. The lowest BCUT2D eigenvalue weighted by Crippen LogP contribution is -2.42. The highest BCUT2D eigenvalue weighted by Crippen LogP contribution is 2.30. The fraction of sp³-hybridized carbons (Fsp3) is 0.474. The number of guanidine groups is 1. The molecule has 168 valence electrons. The van der Waals surface area contributed by atoms with Gasteiger partial charge in [0, 0.05) is 18.0 Å². The van der Waals surface area contributed by atoms with Crippen molar-refractivity contribution in [1.29, 1.82) is 0 Å². The molecule has 0 amide bonds. The first-order chi connectivity index (χ1) is 13.7. The zero-order valence-electron chi connectivity index (χ0n) is 16.9. The summed E-state index contributed by atoms with van der Waals surface area (Å²) in [6.45, 7) is 7.06. The van der Waals surface area contributed by atoms with Crippen molar-refractivity contribution in [2.75, 3.05) is 19.7 Å². The lowest BCUT2D eigenvalue weighted by atomic mass is 10.2. The van der Waals surface area contributed by atoms with Crippen LogP contribution in [0.4, 0.5) is 13.2 Å². The number of aromatic nitrogens is 1. The highest BCUT2D eigenvalue weighted by Gasteiger charge is 2.30. The Morgan fingerprint density at radius 1 is 1.23 bits per heavy atom. The molecule has 0 aliphatic carbocycles. The van der Waals surface area contributed by atoms with Crippen LogP contribution in [0.3, 0.4) is 0 Å². The molecule has 0 fully saturated rings. The molecular weight excluding hydrogens is 532 g/mol. The van der Waals surface area contributed by atoms with Crippen LogP contribution in [0, 0.1) is 13.8 Å². The Labute approximate surface area is 195 Å². The number of aliphatic hydroxyl groups is 1. The van der Waals surface area contributed by atoms with Crippen molar-refractivity contribution in [3.05, 3.63) is 45.4 Å². The fourth-order valence-corrected chi connectivity index (χ4v) is 3.28. The van der Waals surface area contributed by atoms with Crippen molar-refractivity contribution in [3.8, 4) is 5.75 Å². The van der Waals surface area contributed by atoms with Gasteiger partial charge in [-0.05, 0) is 45.0 Å². The van der Waals surface area contributed by atoms with Gasteiger partial charge in [0.2, 0.25) is 0 Å². The van der Waals surface area contributed by atoms with Crippen molar-refractivity contribution in [1.82, 2.24) is 15.6 Å². The zero-order chi connectivity index (χ0) is 21.4. The largest absolute Gasteiger partial charge is 0.491 e. The molecule has 0 spiro atoms. The van der Waals surface area contributed by atoms with Crippen LogP contribution in [0.5, 0.6) is 5.75 Å². The first kappa shape index (κ1) is 26.4. The number of benzene rings is 1. The van der Waals surface area contributed by atoms with Gasteiger partial charge in [-0.2, -0.15) is 13.2 Å². The summed E-state index contributed by atoms with van der Waals surface area (Å²) in [4.78, 5) is 9.93. The van der Waals surface area contributed by atoms with E-state index in [0.29, 0.717) is 19.0 Å². The number of nitrogens with one attached hydrogen (secondary N) is 2. The van der Waals surface area contributed by atoms with E-state index in [1.165, 1.54) is 12.1 Å². The van der Waals surface area contributed by atoms with E-state index in [1.54, 1.807) is 11.3 Å². The number of aliphatic hydroxyl groups excluding tert-OH is 1. The second kappa shape index (κ2) is 12.3. The Hall–Kier alpha value is -1.60. The van der Waals surface area contributed by atoms with E-state index in [9.17, 15) is 18.3 Å². The van der Waals surface area contributed by atoms with E-state index in [-0.39, 0.29) is 42.9 Å². The number of nitrogens with zero attached hydrogens (tertiary/aromatic N) is 2. The van der Waals surface area contributed by atoms with E-state index in [1.807, 2.05) is 20.8 Å². The van der Waals surface area contributed by atoms with Gasteiger partial charge in [-0.3, -0.25) is 0 Å². The van der Waals surface area contributed by atoms with Gasteiger partial charge in [-0.1, -0.05) is 0 Å². The summed E-state index contributed by atoms with van der Waals surface area (Å²) in [5, 5.41) is 17.2. The number of halogens is 4. The van der Waals surface area contributed by atoms with Gasteiger partial charge in [0.05, 0.1) is 22.8 Å². The van der Waals surface area contributed by atoms with Crippen LogP contribution >= 0.6 is 35.3 Å². The second-order valence-corrected chi connectivity index (χ2v) is 7.59. The van der Waals surface area contributed by atoms with Crippen LogP contribution < -0.4 is 15.4 Å². The topological polar surface area (TPSA) is 78.8 Å².